The number of nitrogens with zero attached hydrogens (tertiary/aromatic N) is 7. The number of sulfonamides is 1. The van der Waals surface area contributed by atoms with Gasteiger partial charge in [0.1, 0.15) is 11.6 Å². The Morgan fingerprint density at radius 3 is 2.54 bits per heavy atom. The molecule has 0 aliphatic carbocycles. The number of anilines is 4. The van der Waals surface area contributed by atoms with Gasteiger partial charge in [-0.25, -0.2) is 18.4 Å². The number of likely N-dealkylation sites (tertiary alicyclic amines) is 1. The van der Waals surface area contributed by atoms with Crippen molar-refractivity contribution in [3.8, 4) is 0 Å². The molecular weight excluding hydrogens is 629 g/mol. The molecule has 0 bridgehead atoms. The van der Waals surface area contributed by atoms with Crippen LogP contribution in [-0.2, 0) is 14.8 Å². The quantitative estimate of drug-likeness (QED) is 0.310. The first-order valence-corrected chi connectivity index (χ1v) is 18.8. The van der Waals surface area contributed by atoms with E-state index in [0.29, 0.717) is 56.6 Å². The number of amides is 1. The molecule has 3 atom stereocenters. The van der Waals surface area contributed by atoms with E-state index in [1.807, 2.05) is 44.0 Å². The number of rotatable bonds is 9. The van der Waals surface area contributed by atoms with Gasteiger partial charge < -0.3 is 25.1 Å². The number of hydrogen-bond donors (Lipinski definition) is 2. The number of aromatic nitrogens is 3. The van der Waals surface area contributed by atoms with Gasteiger partial charge in [-0.15, -0.1) is 0 Å². The molecule has 1 aromatic carbocycles. The van der Waals surface area contributed by atoms with E-state index >= 15 is 0 Å². The van der Waals surface area contributed by atoms with Crippen molar-refractivity contribution < 1.29 is 18.3 Å². The number of benzene rings is 1. The number of nitrogens with one attached hydrogen (secondary N) is 1. The Balaban J connectivity index is 1.36. The van der Waals surface area contributed by atoms with E-state index in [4.69, 9.17) is 9.97 Å². The molecule has 3 saturated heterocycles. The van der Waals surface area contributed by atoms with Crippen LogP contribution in [0.4, 0.5) is 23.3 Å². The molecule has 0 unspecified atom stereocenters. The monoisotopic (exact) mass is 676 g/mol. The average Bonchev–Trinajstić information content (AvgIpc) is 3.05. The Morgan fingerprint density at radius 1 is 1.12 bits per heavy atom. The number of carbonyl (C=O) groups excluding carboxylic acids is 1. The van der Waals surface area contributed by atoms with Crippen molar-refractivity contribution in [2.45, 2.75) is 89.6 Å². The van der Waals surface area contributed by atoms with Gasteiger partial charge in [-0.3, -0.25) is 4.79 Å². The summed E-state index contributed by atoms with van der Waals surface area (Å²) in [7, 11) is -3.38. The Morgan fingerprint density at radius 2 is 1.88 bits per heavy atom. The van der Waals surface area contributed by atoms with Crippen LogP contribution >= 0.6 is 0 Å². The lowest BCUT2D eigenvalue weighted by atomic mass is 9.89. The Hall–Kier alpha value is -3.81. The fourth-order valence-electron chi connectivity index (χ4n) is 7.59. The summed E-state index contributed by atoms with van der Waals surface area (Å²) >= 11 is 0. The zero-order chi connectivity index (χ0) is 34.4. The Bertz CT molecular complexity index is 1790. The minimum atomic E-state index is -3.38. The molecule has 2 N–H and O–H groups in total. The Kier molecular flexibility index (Phi) is 9.40. The molecule has 258 valence electrons. The van der Waals surface area contributed by atoms with Crippen molar-refractivity contribution in [2.75, 3.05) is 47.6 Å². The number of piperidine rings is 2. The molecule has 5 heterocycles. The molecule has 3 aliphatic heterocycles. The van der Waals surface area contributed by atoms with E-state index in [1.165, 1.54) is 12.3 Å². The molecule has 3 fully saturated rings. The third kappa shape index (κ3) is 6.72. The third-order valence-electron chi connectivity index (χ3n) is 10.2. The highest BCUT2D eigenvalue weighted by molar-refractivity contribution is 7.88. The number of aliphatic hydroxyl groups is 1. The fourth-order valence-corrected chi connectivity index (χ4v) is 9.10. The number of hydrogen-bond acceptors (Lipinski definition) is 10. The predicted molar refractivity (Wildman–Crippen MR) is 190 cm³/mol. The standard InChI is InChI=1S/C35H48N8O4S/c1-7-33(44)41-17-9-8-10-28(41)25-11-12-29(42-22-30(24(42)4)43(23(2)3)48(6,46)47)27-21-37-32(20-26(25)27)38-31-13-16-36-34(39-31)40-18-14-35(5,45)15-19-40/h7,11-13,16,20-21,23-24,28,30,45H,1,8-10,14-15,17-19,22H2,2-6H3,(H,36,37,38,39)/t24-,28+,30+/m1/s1. The summed E-state index contributed by atoms with van der Waals surface area (Å²) in [6, 6.07) is 7.61. The summed E-state index contributed by atoms with van der Waals surface area (Å²) in [5.74, 6) is 1.75. The lowest BCUT2D eigenvalue weighted by molar-refractivity contribution is -0.129. The van der Waals surface area contributed by atoms with Gasteiger partial charge in [0.05, 0.1) is 23.9 Å². The van der Waals surface area contributed by atoms with Crippen molar-refractivity contribution in [2.24, 2.45) is 0 Å². The van der Waals surface area contributed by atoms with Gasteiger partial charge in [0.25, 0.3) is 0 Å². The van der Waals surface area contributed by atoms with Crippen LogP contribution in [0.1, 0.15) is 71.4 Å². The number of fused-ring (bicyclic) bond motifs is 1. The molecule has 6 rings (SSSR count). The molecule has 3 aromatic rings. The first kappa shape index (κ1) is 34.1. The maximum Gasteiger partial charge on any atom is 0.246 e. The SMILES string of the molecule is C=CC(=O)N1CCCC[C@H]1c1ccc(N2C[C@H](N(C(C)C)S(C)(=O)=O)[C@H]2C)c2cnc(Nc3ccnc(N4CCC(C)(O)CC4)n3)cc12. The summed E-state index contributed by atoms with van der Waals surface area (Å²) < 4.78 is 27.0. The van der Waals surface area contributed by atoms with E-state index < -0.39 is 15.6 Å². The van der Waals surface area contributed by atoms with Crippen LogP contribution < -0.4 is 15.1 Å². The molecule has 1 amide bonds. The molecule has 2 aromatic heterocycles. The maximum absolute atomic E-state index is 13.0. The first-order chi connectivity index (χ1) is 22.8. The van der Waals surface area contributed by atoms with E-state index in [9.17, 15) is 18.3 Å². The zero-order valence-corrected chi connectivity index (χ0v) is 29.4. The lowest BCUT2D eigenvalue weighted by Gasteiger charge is -2.53. The van der Waals surface area contributed by atoms with Crippen LogP contribution in [0.3, 0.4) is 0 Å². The maximum atomic E-state index is 13.0. The van der Waals surface area contributed by atoms with Gasteiger partial charge in [0.15, 0.2) is 0 Å². The van der Waals surface area contributed by atoms with Gasteiger partial charge in [-0.2, -0.15) is 9.29 Å². The Labute approximate surface area is 283 Å². The largest absolute Gasteiger partial charge is 0.390 e. The summed E-state index contributed by atoms with van der Waals surface area (Å²) in [4.78, 5) is 33.3. The molecule has 0 saturated carbocycles. The van der Waals surface area contributed by atoms with Gasteiger partial charge in [-0.05, 0) is 95.0 Å². The van der Waals surface area contributed by atoms with Gasteiger partial charge >= 0.3 is 0 Å². The molecular formula is C35H48N8O4S. The molecule has 12 nitrogen and oxygen atoms in total. The molecule has 13 heteroatoms. The summed E-state index contributed by atoms with van der Waals surface area (Å²) in [5, 5.41) is 15.7. The van der Waals surface area contributed by atoms with Crippen LogP contribution in [0.5, 0.6) is 0 Å². The average molecular weight is 677 g/mol. The molecule has 48 heavy (non-hydrogen) atoms. The second kappa shape index (κ2) is 13.2. The van der Waals surface area contributed by atoms with E-state index in [0.717, 1.165) is 41.3 Å². The zero-order valence-electron chi connectivity index (χ0n) is 28.6. The van der Waals surface area contributed by atoms with Crippen molar-refractivity contribution >= 4 is 50.0 Å². The highest BCUT2D eigenvalue weighted by atomic mass is 32.2. The van der Waals surface area contributed by atoms with Crippen molar-refractivity contribution in [1.29, 1.82) is 0 Å². The predicted octanol–water partition coefficient (Wildman–Crippen LogP) is 4.61. The van der Waals surface area contributed by atoms with Crippen molar-refractivity contribution in [1.82, 2.24) is 24.2 Å². The van der Waals surface area contributed by atoms with Gasteiger partial charge in [0, 0.05) is 61.7 Å². The van der Waals surface area contributed by atoms with Gasteiger partial charge in [-0.1, -0.05) is 12.6 Å². The molecule has 0 radical (unpaired) electrons. The minimum absolute atomic E-state index is 0.0413. The second-order valence-electron chi connectivity index (χ2n) is 14.0. The summed E-state index contributed by atoms with van der Waals surface area (Å²) in [6.45, 7) is 14.1. The second-order valence-corrected chi connectivity index (χ2v) is 15.9. The van der Waals surface area contributed by atoms with Crippen LogP contribution in [0.25, 0.3) is 10.8 Å². The van der Waals surface area contributed by atoms with Crippen LogP contribution in [0.15, 0.2) is 49.3 Å². The molecule has 3 aliphatic rings. The van der Waals surface area contributed by atoms with E-state index in [2.05, 4.69) is 45.7 Å². The highest BCUT2D eigenvalue weighted by Gasteiger charge is 2.44. The number of carbonyl (C=O) groups is 1. The first-order valence-electron chi connectivity index (χ1n) is 17.0. The minimum Gasteiger partial charge on any atom is -0.390 e. The smallest absolute Gasteiger partial charge is 0.246 e. The highest BCUT2D eigenvalue weighted by Crippen LogP contribution is 2.42. The van der Waals surface area contributed by atoms with Crippen molar-refractivity contribution in [3.63, 3.8) is 0 Å². The lowest BCUT2D eigenvalue weighted by Crippen LogP contribution is -2.68. The van der Waals surface area contributed by atoms with Crippen LogP contribution in [0.2, 0.25) is 0 Å². The fraction of sp³-hybridized carbons (Fsp3) is 0.543. The van der Waals surface area contributed by atoms with Crippen LogP contribution in [0, 0.1) is 0 Å². The third-order valence-corrected chi connectivity index (χ3v) is 11.7. The summed E-state index contributed by atoms with van der Waals surface area (Å²) in [6.07, 6.45) is 10.4. The van der Waals surface area contributed by atoms with E-state index in [-0.39, 0.29) is 30.1 Å². The molecule has 0 spiro atoms. The van der Waals surface area contributed by atoms with Gasteiger partial charge in [0.2, 0.25) is 21.9 Å². The van der Waals surface area contributed by atoms with Crippen LogP contribution in [-0.4, -0.2) is 99.7 Å². The topological polar surface area (TPSA) is 135 Å². The normalized spacial score (nSPS) is 23.0. The van der Waals surface area contributed by atoms with E-state index in [1.54, 1.807) is 10.5 Å². The number of pyridine rings is 1. The van der Waals surface area contributed by atoms with Crippen molar-refractivity contribution in [3.05, 3.63) is 54.9 Å². The summed E-state index contributed by atoms with van der Waals surface area (Å²) in [5.41, 5.74) is 1.36.